The van der Waals surface area contributed by atoms with E-state index in [0.29, 0.717) is 17.5 Å². The summed E-state index contributed by atoms with van der Waals surface area (Å²) in [7, 11) is 1.33. The van der Waals surface area contributed by atoms with Crippen LogP contribution in [0.5, 0.6) is 5.75 Å². The molecular formula is C29H30ClFN2O6. The van der Waals surface area contributed by atoms with Gasteiger partial charge in [0, 0.05) is 47.0 Å². The number of aromatic nitrogens is 1. The summed E-state index contributed by atoms with van der Waals surface area (Å²) < 4.78 is 27.6. The van der Waals surface area contributed by atoms with E-state index in [1.807, 2.05) is 20.8 Å². The van der Waals surface area contributed by atoms with Gasteiger partial charge in [0.15, 0.2) is 5.78 Å². The maximum absolute atomic E-state index is 15.2. The van der Waals surface area contributed by atoms with Gasteiger partial charge in [0.25, 0.3) is 5.56 Å². The average molecular weight is 557 g/mol. The largest absolute Gasteiger partial charge is 0.495 e. The van der Waals surface area contributed by atoms with Gasteiger partial charge in [-0.25, -0.2) is 4.39 Å². The number of ether oxygens (including phenoxy) is 2. The number of benzene rings is 2. The number of halogens is 2. The fourth-order valence-electron chi connectivity index (χ4n) is 3.98. The SMILES string of the molecule is COc1cn(C(CCOC(C)(C)C)C(=O)Nc2ccc(C=O)cc2)c(=O)cc1-c1c(C(C)=O)ccc(Cl)c1F. The van der Waals surface area contributed by atoms with Crippen molar-refractivity contribution in [3.63, 3.8) is 0 Å². The van der Waals surface area contributed by atoms with Crippen molar-refractivity contribution in [1.29, 1.82) is 0 Å². The lowest BCUT2D eigenvalue weighted by Crippen LogP contribution is -2.34. The molecule has 2 aromatic carbocycles. The zero-order valence-corrected chi connectivity index (χ0v) is 23.1. The second-order valence-corrected chi connectivity index (χ2v) is 10.2. The predicted octanol–water partition coefficient (Wildman–Crippen LogP) is 5.72. The average Bonchev–Trinajstić information content (AvgIpc) is 2.88. The van der Waals surface area contributed by atoms with Crippen LogP contribution < -0.4 is 15.6 Å². The molecule has 0 radical (unpaired) electrons. The molecule has 0 fully saturated rings. The number of anilines is 1. The lowest BCUT2D eigenvalue weighted by Gasteiger charge is -2.24. The quantitative estimate of drug-likeness (QED) is 0.253. The van der Waals surface area contributed by atoms with Gasteiger partial charge in [-0.05, 0) is 64.1 Å². The molecule has 1 unspecified atom stereocenters. The number of ketones is 1. The molecule has 1 N–H and O–H groups in total. The van der Waals surface area contributed by atoms with Crippen LogP contribution in [0.3, 0.4) is 0 Å². The molecule has 206 valence electrons. The molecule has 10 heteroatoms. The van der Waals surface area contributed by atoms with Crippen LogP contribution in [0, 0.1) is 5.82 Å². The minimum absolute atomic E-state index is 0.0264. The van der Waals surface area contributed by atoms with Crippen molar-refractivity contribution in [2.24, 2.45) is 0 Å². The third kappa shape index (κ3) is 7.19. The number of Topliss-reactive ketones (excluding diaryl/α,β-unsaturated/α-hetero) is 1. The van der Waals surface area contributed by atoms with Crippen molar-refractivity contribution >= 4 is 35.3 Å². The normalized spacial score (nSPS) is 12.1. The number of aldehydes is 1. The van der Waals surface area contributed by atoms with Crippen LogP contribution in [0.15, 0.2) is 53.5 Å². The van der Waals surface area contributed by atoms with E-state index in [-0.39, 0.29) is 40.5 Å². The number of amides is 1. The van der Waals surface area contributed by atoms with Crippen molar-refractivity contribution in [2.75, 3.05) is 19.0 Å². The molecule has 0 aliphatic carbocycles. The molecule has 0 aliphatic rings. The van der Waals surface area contributed by atoms with Crippen LogP contribution in [0.4, 0.5) is 10.1 Å². The van der Waals surface area contributed by atoms with Gasteiger partial charge in [-0.3, -0.25) is 23.7 Å². The van der Waals surface area contributed by atoms with Crippen LogP contribution in [0.25, 0.3) is 11.1 Å². The first kappa shape index (κ1) is 29.7. The number of nitrogens with zero attached hydrogens (tertiary/aromatic N) is 1. The number of hydrogen-bond donors (Lipinski definition) is 1. The molecule has 3 rings (SSSR count). The molecule has 8 nitrogen and oxygen atoms in total. The minimum Gasteiger partial charge on any atom is -0.495 e. The minimum atomic E-state index is -1.04. The Morgan fingerprint density at radius 3 is 2.38 bits per heavy atom. The first-order valence-corrected chi connectivity index (χ1v) is 12.5. The lowest BCUT2D eigenvalue weighted by atomic mass is 9.96. The summed E-state index contributed by atoms with van der Waals surface area (Å²) in [5, 5.41) is 2.53. The third-order valence-electron chi connectivity index (χ3n) is 5.89. The molecule has 3 aromatic rings. The Kier molecular flexibility index (Phi) is 9.42. The van der Waals surface area contributed by atoms with Gasteiger partial charge in [0.2, 0.25) is 5.91 Å². The van der Waals surface area contributed by atoms with E-state index in [4.69, 9.17) is 21.1 Å². The molecule has 0 saturated carbocycles. The van der Waals surface area contributed by atoms with Crippen LogP contribution in [-0.4, -0.2) is 41.9 Å². The van der Waals surface area contributed by atoms with E-state index in [1.54, 1.807) is 24.3 Å². The number of carbonyl (C=O) groups excluding carboxylic acids is 3. The summed E-state index contributed by atoms with van der Waals surface area (Å²) in [5.41, 5.74) is -0.354. The van der Waals surface area contributed by atoms with E-state index in [2.05, 4.69) is 5.32 Å². The summed E-state index contributed by atoms with van der Waals surface area (Å²) in [4.78, 5) is 50.0. The number of rotatable bonds is 10. The third-order valence-corrected chi connectivity index (χ3v) is 6.18. The maximum atomic E-state index is 15.2. The number of hydrogen-bond acceptors (Lipinski definition) is 6. The monoisotopic (exact) mass is 556 g/mol. The lowest BCUT2D eigenvalue weighted by molar-refractivity contribution is -0.120. The van der Waals surface area contributed by atoms with Crippen LogP contribution >= 0.6 is 11.6 Å². The fraction of sp³-hybridized carbons (Fsp3) is 0.310. The number of carbonyl (C=O) groups is 3. The molecule has 0 bridgehead atoms. The first-order valence-electron chi connectivity index (χ1n) is 12.2. The summed E-state index contributed by atoms with van der Waals surface area (Å²) in [6.45, 7) is 7.03. The summed E-state index contributed by atoms with van der Waals surface area (Å²) in [5.74, 6) is -1.75. The van der Waals surface area contributed by atoms with Crippen molar-refractivity contribution in [3.05, 3.63) is 81.0 Å². The van der Waals surface area contributed by atoms with Gasteiger partial charge in [0.1, 0.15) is 23.9 Å². The molecule has 1 aromatic heterocycles. The number of pyridine rings is 1. The molecule has 1 amide bonds. The molecular weight excluding hydrogens is 527 g/mol. The smallest absolute Gasteiger partial charge is 0.252 e. The van der Waals surface area contributed by atoms with Gasteiger partial charge < -0.3 is 14.8 Å². The summed E-state index contributed by atoms with van der Waals surface area (Å²) >= 11 is 5.99. The highest BCUT2D eigenvalue weighted by Crippen LogP contribution is 2.37. The van der Waals surface area contributed by atoms with Gasteiger partial charge in [-0.15, -0.1) is 0 Å². The van der Waals surface area contributed by atoms with Gasteiger partial charge in [0.05, 0.1) is 23.9 Å². The topological polar surface area (TPSA) is 104 Å². The number of nitrogens with one attached hydrogen (secondary N) is 1. The molecule has 1 atom stereocenters. The predicted molar refractivity (Wildman–Crippen MR) is 147 cm³/mol. The molecule has 1 heterocycles. The Morgan fingerprint density at radius 2 is 1.82 bits per heavy atom. The summed E-state index contributed by atoms with van der Waals surface area (Å²) in [6, 6.07) is 8.97. The first-order chi connectivity index (χ1) is 18.4. The van der Waals surface area contributed by atoms with Crippen LogP contribution in [0.1, 0.15) is 60.9 Å². The van der Waals surface area contributed by atoms with Crippen LogP contribution in [0.2, 0.25) is 5.02 Å². The zero-order valence-electron chi connectivity index (χ0n) is 22.3. The Hall–Kier alpha value is -3.82. The van der Waals surface area contributed by atoms with E-state index >= 15 is 4.39 Å². The zero-order chi connectivity index (χ0) is 28.9. The van der Waals surface area contributed by atoms with Gasteiger partial charge in [-0.2, -0.15) is 0 Å². The molecule has 0 spiro atoms. The summed E-state index contributed by atoms with van der Waals surface area (Å²) in [6.07, 6.45) is 2.12. The van der Waals surface area contributed by atoms with Crippen molar-refractivity contribution < 1.29 is 28.2 Å². The Balaban J connectivity index is 2.10. The standard InChI is InChI=1S/C29H30ClFN2O6/c1-17(35)20-10-11-22(30)27(31)26(20)21-14-25(36)33(15-24(21)38-5)23(12-13-39-29(2,3)4)28(37)32-19-8-6-18(16-34)7-9-19/h6-11,14-16,23H,12-13H2,1-5H3,(H,32,37). The molecule has 0 saturated heterocycles. The highest BCUT2D eigenvalue weighted by Gasteiger charge is 2.27. The van der Waals surface area contributed by atoms with Gasteiger partial charge in [-0.1, -0.05) is 11.6 Å². The molecule has 39 heavy (non-hydrogen) atoms. The highest BCUT2D eigenvalue weighted by molar-refractivity contribution is 6.31. The molecule has 0 aliphatic heterocycles. The fourth-order valence-corrected chi connectivity index (χ4v) is 4.14. The number of methoxy groups -OCH3 is 1. The second kappa shape index (κ2) is 12.4. The second-order valence-electron chi connectivity index (χ2n) is 9.84. The van der Waals surface area contributed by atoms with Gasteiger partial charge >= 0.3 is 0 Å². The van der Waals surface area contributed by atoms with Crippen LogP contribution in [-0.2, 0) is 9.53 Å². The van der Waals surface area contributed by atoms with E-state index in [0.717, 1.165) is 6.07 Å². The van der Waals surface area contributed by atoms with E-state index in [9.17, 15) is 19.2 Å². The van der Waals surface area contributed by atoms with Crippen molar-refractivity contribution in [3.8, 4) is 16.9 Å². The highest BCUT2D eigenvalue weighted by atomic mass is 35.5. The van der Waals surface area contributed by atoms with E-state index in [1.165, 1.54) is 36.9 Å². The Morgan fingerprint density at radius 1 is 1.15 bits per heavy atom. The Labute approximate surface area is 230 Å². The Bertz CT molecular complexity index is 1440. The van der Waals surface area contributed by atoms with E-state index < -0.39 is 34.7 Å². The van der Waals surface area contributed by atoms with Crippen molar-refractivity contribution in [1.82, 2.24) is 4.57 Å². The maximum Gasteiger partial charge on any atom is 0.252 e. The van der Waals surface area contributed by atoms with Crippen molar-refractivity contribution in [2.45, 2.75) is 45.8 Å².